The highest BCUT2D eigenvalue weighted by molar-refractivity contribution is 7.98. The first-order valence-electron chi connectivity index (χ1n) is 8.93. The van der Waals surface area contributed by atoms with Crippen LogP contribution in [-0.2, 0) is 9.59 Å². The summed E-state index contributed by atoms with van der Waals surface area (Å²) in [7, 11) is 0. The zero-order valence-electron chi connectivity index (χ0n) is 14.3. The van der Waals surface area contributed by atoms with E-state index in [0.717, 1.165) is 31.7 Å². The van der Waals surface area contributed by atoms with E-state index < -0.39 is 6.04 Å². The van der Waals surface area contributed by atoms with Crippen molar-refractivity contribution in [3.05, 3.63) is 0 Å². The van der Waals surface area contributed by atoms with Crippen molar-refractivity contribution in [2.45, 2.75) is 51.0 Å². The van der Waals surface area contributed by atoms with Gasteiger partial charge in [-0.15, -0.1) is 0 Å². The smallest absolute Gasteiger partial charge is 0.239 e. The highest BCUT2D eigenvalue weighted by Gasteiger charge is 2.27. The molecule has 1 heterocycles. The van der Waals surface area contributed by atoms with Crippen LogP contribution in [0.3, 0.4) is 0 Å². The van der Waals surface area contributed by atoms with E-state index in [0.29, 0.717) is 25.4 Å². The zero-order valence-corrected chi connectivity index (χ0v) is 15.2. The fourth-order valence-corrected chi connectivity index (χ4v) is 4.07. The van der Waals surface area contributed by atoms with Crippen LogP contribution in [0.2, 0.25) is 0 Å². The van der Waals surface area contributed by atoms with Gasteiger partial charge in [-0.05, 0) is 43.6 Å². The van der Waals surface area contributed by atoms with Crippen LogP contribution in [0.5, 0.6) is 0 Å². The number of carbonyl (C=O) groups is 2. The van der Waals surface area contributed by atoms with Crippen LogP contribution in [0.15, 0.2) is 0 Å². The van der Waals surface area contributed by atoms with Gasteiger partial charge in [-0.3, -0.25) is 9.59 Å². The van der Waals surface area contributed by atoms with Crippen LogP contribution in [-0.4, -0.2) is 65.8 Å². The highest BCUT2D eigenvalue weighted by Crippen LogP contribution is 2.28. The summed E-state index contributed by atoms with van der Waals surface area (Å²) in [6.45, 7) is 2.78. The molecular weight excluding hydrogens is 310 g/mol. The maximum atomic E-state index is 12.5. The third-order valence-electron chi connectivity index (χ3n) is 5.05. The summed E-state index contributed by atoms with van der Waals surface area (Å²) < 4.78 is 0. The minimum absolute atomic E-state index is 0.0455. The summed E-state index contributed by atoms with van der Waals surface area (Å²) >= 11 is 1.71. The van der Waals surface area contributed by atoms with Crippen molar-refractivity contribution in [1.29, 1.82) is 0 Å². The Morgan fingerprint density at radius 2 is 1.74 bits per heavy atom. The molecule has 2 fully saturated rings. The van der Waals surface area contributed by atoms with Gasteiger partial charge >= 0.3 is 0 Å². The fourth-order valence-electron chi connectivity index (χ4n) is 3.58. The van der Waals surface area contributed by atoms with Crippen molar-refractivity contribution in [1.82, 2.24) is 9.80 Å². The van der Waals surface area contributed by atoms with Crippen LogP contribution < -0.4 is 5.73 Å². The third kappa shape index (κ3) is 5.68. The quantitative estimate of drug-likeness (QED) is 0.799. The van der Waals surface area contributed by atoms with Crippen LogP contribution in [0, 0.1) is 5.92 Å². The zero-order chi connectivity index (χ0) is 16.7. The second-order valence-corrected chi connectivity index (χ2v) is 7.79. The molecule has 1 atom stereocenters. The van der Waals surface area contributed by atoms with Crippen molar-refractivity contribution in [3.8, 4) is 0 Å². The molecule has 0 aromatic carbocycles. The normalized spacial score (nSPS) is 21.3. The Morgan fingerprint density at radius 1 is 1.09 bits per heavy atom. The molecular formula is C17H31N3O2S. The lowest BCUT2D eigenvalue weighted by Gasteiger charge is -2.25. The fraction of sp³-hybridized carbons (Fsp3) is 0.882. The molecule has 0 spiro atoms. The van der Waals surface area contributed by atoms with Gasteiger partial charge in [0.1, 0.15) is 0 Å². The molecule has 6 heteroatoms. The molecule has 1 saturated carbocycles. The molecule has 1 saturated heterocycles. The number of hydrogen-bond donors (Lipinski definition) is 1. The number of nitrogens with two attached hydrogens (primary N) is 1. The molecule has 5 nitrogen and oxygen atoms in total. The van der Waals surface area contributed by atoms with Gasteiger partial charge in [-0.25, -0.2) is 0 Å². The molecule has 23 heavy (non-hydrogen) atoms. The van der Waals surface area contributed by atoms with Crippen molar-refractivity contribution in [2.24, 2.45) is 11.7 Å². The summed E-state index contributed by atoms with van der Waals surface area (Å²) in [6, 6.07) is -0.400. The third-order valence-corrected chi connectivity index (χ3v) is 5.69. The van der Waals surface area contributed by atoms with Gasteiger partial charge in [0.05, 0.1) is 6.04 Å². The van der Waals surface area contributed by atoms with E-state index >= 15 is 0 Å². The van der Waals surface area contributed by atoms with E-state index in [1.165, 1.54) is 25.7 Å². The van der Waals surface area contributed by atoms with Gasteiger partial charge in [0.2, 0.25) is 11.8 Å². The molecule has 1 aliphatic heterocycles. The Kier molecular flexibility index (Phi) is 7.70. The molecule has 1 aliphatic carbocycles. The van der Waals surface area contributed by atoms with E-state index in [2.05, 4.69) is 0 Å². The lowest BCUT2D eigenvalue weighted by atomic mass is 10.0. The molecule has 0 unspecified atom stereocenters. The maximum absolute atomic E-state index is 12.5. The minimum atomic E-state index is -0.400. The largest absolute Gasteiger partial charge is 0.341 e. The van der Waals surface area contributed by atoms with Crippen LogP contribution in [0.1, 0.15) is 44.9 Å². The van der Waals surface area contributed by atoms with Gasteiger partial charge in [-0.2, -0.15) is 11.8 Å². The van der Waals surface area contributed by atoms with Crippen molar-refractivity contribution in [2.75, 3.05) is 38.2 Å². The number of nitrogens with zero attached hydrogens (tertiary/aromatic N) is 2. The maximum Gasteiger partial charge on any atom is 0.239 e. The summed E-state index contributed by atoms with van der Waals surface area (Å²) in [5.41, 5.74) is 6.00. The lowest BCUT2D eigenvalue weighted by molar-refractivity contribution is -0.134. The number of amides is 2. The standard InChI is InChI=1S/C17H31N3O2S/c1-23-12-7-15(18)17(22)20-9-4-8-19(10-11-20)16(21)13-14-5-2-3-6-14/h14-15H,2-13,18H2,1H3/t15-/m0/s1. The molecule has 0 aromatic heterocycles. The average molecular weight is 342 g/mol. The first kappa shape index (κ1) is 18.6. The van der Waals surface area contributed by atoms with Crippen molar-refractivity contribution in [3.63, 3.8) is 0 Å². The van der Waals surface area contributed by atoms with Crippen LogP contribution in [0.25, 0.3) is 0 Å². The summed E-state index contributed by atoms with van der Waals surface area (Å²) in [6.07, 6.45) is 9.25. The predicted molar refractivity (Wildman–Crippen MR) is 95.3 cm³/mol. The lowest BCUT2D eigenvalue weighted by Crippen LogP contribution is -2.45. The Morgan fingerprint density at radius 3 is 2.43 bits per heavy atom. The Labute approximate surface area is 144 Å². The van der Waals surface area contributed by atoms with Gasteiger partial charge in [-0.1, -0.05) is 12.8 Å². The van der Waals surface area contributed by atoms with Crippen molar-refractivity contribution < 1.29 is 9.59 Å². The van der Waals surface area contributed by atoms with E-state index in [4.69, 9.17) is 5.73 Å². The van der Waals surface area contributed by atoms with Crippen molar-refractivity contribution >= 4 is 23.6 Å². The SMILES string of the molecule is CSCC[C@H](N)C(=O)N1CCCN(C(=O)CC2CCCC2)CC1. The number of rotatable bonds is 6. The van der Waals surface area contributed by atoms with Gasteiger partial charge in [0.25, 0.3) is 0 Å². The minimum Gasteiger partial charge on any atom is -0.341 e. The number of carbonyl (C=O) groups excluding carboxylic acids is 2. The molecule has 2 rings (SSSR count). The second kappa shape index (κ2) is 9.52. The first-order valence-corrected chi connectivity index (χ1v) is 10.3. The molecule has 2 N–H and O–H groups in total. The van der Waals surface area contributed by atoms with Gasteiger partial charge in [0.15, 0.2) is 0 Å². The molecule has 2 amide bonds. The summed E-state index contributed by atoms with van der Waals surface area (Å²) in [4.78, 5) is 28.7. The number of hydrogen-bond acceptors (Lipinski definition) is 4. The predicted octanol–water partition coefficient (Wildman–Crippen LogP) is 1.71. The number of thioether (sulfide) groups is 1. The van der Waals surface area contributed by atoms with Gasteiger partial charge in [0, 0.05) is 32.6 Å². The molecule has 0 aromatic rings. The monoisotopic (exact) mass is 341 g/mol. The van der Waals surface area contributed by atoms with E-state index in [1.54, 1.807) is 11.8 Å². The van der Waals surface area contributed by atoms with Crippen LogP contribution in [0.4, 0.5) is 0 Å². The molecule has 132 valence electrons. The highest BCUT2D eigenvalue weighted by atomic mass is 32.2. The van der Waals surface area contributed by atoms with E-state index in [1.807, 2.05) is 16.1 Å². The second-order valence-electron chi connectivity index (χ2n) is 6.80. The van der Waals surface area contributed by atoms with Gasteiger partial charge < -0.3 is 15.5 Å². The summed E-state index contributed by atoms with van der Waals surface area (Å²) in [5.74, 6) is 1.82. The van der Waals surface area contributed by atoms with E-state index in [9.17, 15) is 9.59 Å². The Bertz CT molecular complexity index is 399. The molecule has 0 radical (unpaired) electrons. The van der Waals surface area contributed by atoms with E-state index in [-0.39, 0.29) is 11.8 Å². The topological polar surface area (TPSA) is 66.6 Å². The molecule has 2 aliphatic rings. The summed E-state index contributed by atoms with van der Waals surface area (Å²) in [5, 5.41) is 0. The molecule has 0 bridgehead atoms. The average Bonchev–Trinajstić information content (AvgIpc) is 2.93. The Hall–Kier alpha value is -0.750. The van der Waals surface area contributed by atoms with Crippen LogP contribution >= 0.6 is 11.8 Å². The first-order chi connectivity index (χ1) is 11.1. The Balaban J connectivity index is 1.79.